The largest absolute Gasteiger partial charge is 0.309 e. The molecule has 0 bridgehead atoms. The van der Waals surface area contributed by atoms with Gasteiger partial charge in [0.15, 0.2) is 0 Å². The minimum atomic E-state index is 0.472. The number of nitrogens with zero attached hydrogens (tertiary/aromatic N) is 2. The molecule has 2 saturated heterocycles. The molecule has 14 rings (SSSR count). The van der Waals surface area contributed by atoms with Crippen LogP contribution in [-0.2, 0) is 0 Å². The Bertz CT molecular complexity index is 3650. The lowest BCUT2D eigenvalue weighted by Crippen LogP contribution is -2.13. The van der Waals surface area contributed by atoms with Crippen molar-refractivity contribution in [2.24, 2.45) is 0 Å². The zero-order valence-electron chi connectivity index (χ0n) is 39.9. The zero-order valence-corrected chi connectivity index (χ0v) is 41.6. The summed E-state index contributed by atoms with van der Waals surface area (Å²) in [5.74, 6) is 0. The fraction of sp³-hybridized carbons (Fsp3) is 0.118. The fourth-order valence-corrected chi connectivity index (χ4v) is 15.7. The van der Waals surface area contributed by atoms with E-state index in [-0.39, 0.29) is 0 Å². The number of thioether (sulfide) groups is 2. The van der Waals surface area contributed by atoms with E-state index in [4.69, 9.17) is 0 Å². The van der Waals surface area contributed by atoms with Gasteiger partial charge in [0.2, 0.25) is 0 Å². The average molecular weight is 961 g/mol. The second kappa shape index (κ2) is 18.3. The predicted molar refractivity (Wildman–Crippen MR) is 310 cm³/mol. The van der Waals surface area contributed by atoms with Crippen LogP contribution in [0.2, 0.25) is 0 Å². The third kappa shape index (κ3) is 7.59. The first-order chi connectivity index (χ1) is 35.7. The number of rotatable bonds is 9. The minimum absolute atomic E-state index is 0.472. The molecule has 2 aliphatic rings. The van der Waals surface area contributed by atoms with Gasteiger partial charge in [0.25, 0.3) is 0 Å². The smallest absolute Gasteiger partial charge is 0.0544 e. The lowest BCUT2D eigenvalue weighted by Gasteiger charge is -2.19. The summed E-state index contributed by atoms with van der Waals surface area (Å²) in [5.41, 5.74) is 20.4. The Labute approximate surface area is 430 Å². The van der Waals surface area contributed by atoms with E-state index in [1.165, 1.54) is 136 Å². The summed E-state index contributed by atoms with van der Waals surface area (Å²) in [4.78, 5) is 0. The molecule has 10 aromatic carbocycles. The van der Waals surface area contributed by atoms with Crippen LogP contribution in [0, 0.1) is 0 Å². The van der Waals surface area contributed by atoms with Crippen molar-refractivity contribution in [1.82, 2.24) is 9.13 Å². The summed E-state index contributed by atoms with van der Waals surface area (Å²) in [5, 5.41) is 7.74. The van der Waals surface area contributed by atoms with E-state index >= 15 is 0 Å². The second-order valence-corrected chi connectivity index (χ2v) is 22.5. The minimum Gasteiger partial charge on any atom is -0.309 e. The van der Waals surface area contributed by atoms with Crippen LogP contribution in [0.4, 0.5) is 0 Å². The first kappa shape index (κ1) is 43.3. The average Bonchev–Trinajstić information content (AvgIpc) is 4.28. The number of aromatic nitrogens is 2. The molecule has 2 fully saturated rings. The normalized spacial score (nSPS) is 17.9. The van der Waals surface area contributed by atoms with Gasteiger partial charge in [-0.15, -0.1) is 23.5 Å². The summed E-state index contributed by atoms with van der Waals surface area (Å²) < 4.78 is 4.98. The van der Waals surface area contributed by atoms with E-state index in [2.05, 4.69) is 275 Å². The monoisotopic (exact) mass is 960 g/mol. The van der Waals surface area contributed by atoms with Gasteiger partial charge < -0.3 is 9.13 Å². The molecular weight excluding hydrogens is 909 g/mol. The Kier molecular flexibility index (Phi) is 11.0. The van der Waals surface area contributed by atoms with Crippen molar-refractivity contribution in [1.29, 1.82) is 0 Å². The molecule has 0 aliphatic carbocycles. The van der Waals surface area contributed by atoms with Gasteiger partial charge in [-0.3, -0.25) is 0 Å². The first-order valence-corrected chi connectivity index (χ1v) is 27.5. The van der Waals surface area contributed by atoms with E-state index in [9.17, 15) is 0 Å². The van der Waals surface area contributed by atoms with Gasteiger partial charge >= 0.3 is 0 Å². The maximum absolute atomic E-state index is 2.49. The first-order valence-electron chi connectivity index (χ1n) is 25.6. The van der Waals surface area contributed by atoms with Crippen molar-refractivity contribution < 1.29 is 0 Å². The highest BCUT2D eigenvalue weighted by atomic mass is 32.2. The van der Waals surface area contributed by atoms with Crippen molar-refractivity contribution in [3.05, 3.63) is 254 Å². The summed E-state index contributed by atoms with van der Waals surface area (Å²) in [7, 11) is 0. The molecule has 346 valence electrons. The van der Waals surface area contributed by atoms with Crippen LogP contribution in [-0.4, -0.2) is 19.6 Å². The molecule has 4 heterocycles. The van der Waals surface area contributed by atoms with E-state index in [1.54, 1.807) is 0 Å². The van der Waals surface area contributed by atoms with Crippen LogP contribution in [0.3, 0.4) is 0 Å². The second-order valence-electron chi connectivity index (χ2n) is 19.6. The van der Waals surface area contributed by atoms with E-state index in [0.717, 1.165) is 0 Å². The third-order valence-electron chi connectivity index (χ3n) is 15.6. The van der Waals surface area contributed by atoms with Crippen LogP contribution in [0.5, 0.6) is 0 Å². The molecule has 12 aromatic rings. The highest BCUT2D eigenvalue weighted by molar-refractivity contribution is 8.04. The van der Waals surface area contributed by atoms with Gasteiger partial charge in [-0.2, -0.15) is 0 Å². The quantitative estimate of drug-likeness (QED) is 0.143. The Morgan fingerprint density at radius 3 is 0.944 bits per heavy atom. The van der Waals surface area contributed by atoms with Gasteiger partial charge in [0.05, 0.1) is 22.1 Å². The van der Waals surface area contributed by atoms with Crippen molar-refractivity contribution in [3.8, 4) is 55.9 Å². The van der Waals surface area contributed by atoms with Crippen LogP contribution in [0.1, 0.15) is 47.3 Å². The SMILES string of the molecule is c1ccc(-c2ccc(-c3ccc(-n4c5ccccc5c5c(C6CCC(C7CCC(c8cccc9c8c8ccccc8n9-c8ccc(-c9ccc(-c%10ccccc%10)cc9)cc8)S7)S6)cccc54)cc3)cc2)cc1. The summed E-state index contributed by atoms with van der Waals surface area (Å²) in [6.45, 7) is 0. The van der Waals surface area contributed by atoms with Gasteiger partial charge in [-0.1, -0.05) is 194 Å². The molecule has 2 nitrogen and oxygen atoms in total. The molecule has 0 saturated carbocycles. The van der Waals surface area contributed by atoms with Crippen LogP contribution >= 0.6 is 23.5 Å². The molecule has 4 unspecified atom stereocenters. The molecule has 0 amide bonds. The van der Waals surface area contributed by atoms with Crippen molar-refractivity contribution in [2.75, 3.05) is 0 Å². The third-order valence-corrected chi connectivity index (χ3v) is 19.2. The van der Waals surface area contributed by atoms with Crippen LogP contribution < -0.4 is 0 Å². The molecule has 2 aliphatic heterocycles. The fourth-order valence-electron chi connectivity index (χ4n) is 12.1. The number of hydrogen-bond acceptors (Lipinski definition) is 2. The highest BCUT2D eigenvalue weighted by Crippen LogP contribution is 2.57. The predicted octanol–water partition coefficient (Wildman–Crippen LogP) is 19.1. The standard InChI is InChI=1S/C68H52N2S2/c1-3-13-45(14-4-1)47-25-29-49(30-26-47)51-33-37-53(38-34-51)69-59-21-9-7-17-55(59)67-57(19-11-23-61(67)69)63-41-43-65(71-63)66-44-42-64(72-66)58-20-12-24-62-68(58)56-18-8-10-22-60(56)70(62)54-39-35-52(36-40-54)50-31-27-48(28-32-50)46-15-5-2-6-16-46/h1-40,63-66H,41-44H2. The lowest BCUT2D eigenvalue weighted by atomic mass is 9.98. The Balaban J connectivity index is 0.715. The van der Waals surface area contributed by atoms with Gasteiger partial charge in [0, 0.05) is 53.9 Å². The van der Waals surface area contributed by atoms with Gasteiger partial charge in [-0.05, 0) is 130 Å². The number of hydrogen-bond donors (Lipinski definition) is 0. The van der Waals surface area contributed by atoms with Crippen LogP contribution in [0.25, 0.3) is 99.5 Å². The molecule has 0 radical (unpaired) electrons. The molecular formula is C68H52N2S2. The Morgan fingerprint density at radius 1 is 0.264 bits per heavy atom. The zero-order chi connectivity index (χ0) is 47.5. The van der Waals surface area contributed by atoms with E-state index < -0.39 is 0 Å². The van der Waals surface area contributed by atoms with Gasteiger partial charge in [-0.25, -0.2) is 0 Å². The Morgan fingerprint density at radius 2 is 0.569 bits per heavy atom. The topological polar surface area (TPSA) is 9.86 Å². The number of benzene rings is 10. The highest BCUT2D eigenvalue weighted by Gasteiger charge is 2.39. The van der Waals surface area contributed by atoms with Crippen LogP contribution in [0.15, 0.2) is 243 Å². The maximum Gasteiger partial charge on any atom is 0.0544 e. The van der Waals surface area contributed by atoms with Crippen molar-refractivity contribution in [2.45, 2.75) is 46.7 Å². The summed E-state index contributed by atoms with van der Waals surface area (Å²) >= 11 is 4.52. The Hall–Kier alpha value is -7.50. The van der Waals surface area contributed by atoms with Gasteiger partial charge in [0.1, 0.15) is 0 Å². The molecule has 0 spiro atoms. The van der Waals surface area contributed by atoms with E-state index in [1.807, 2.05) is 0 Å². The van der Waals surface area contributed by atoms with Crippen molar-refractivity contribution in [3.63, 3.8) is 0 Å². The summed E-state index contributed by atoms with van der Waals surface area (Å²) in [6, 6.07) is 89.7. The van der Waals surface area contributed by atoms with E-state index in [0.29, 0.717) is 21.0 Å². The van der Waals surface area contributed by atoms with Crippen molar-refractivity contribution >= 4 is 67.1 Å². The summed E-state index contributed by atoms with van der Waals surface area (Å²) in [6.07, 6.45) is 4.96. The lowest BCUT2D eigenvalue weighted by molar-refractivity contribution is 0.672. The molecule has 0 N–H and O–H groups in total. The molecule has 72 heavy (non-hydrogen) atoms. The molecule has 2 aromatic heterocycles. The number of fused-ring (bicyclic) bond motifs is 6. The molecule has 4 atom stereocenters. The molecule has 4 heteroatoms. The maximum atomic E-state index is 2.49. The number of para-hydroxylation sites is 2.